The van der Waals surface area contributed by atoms with E-state index < -0.39 is 14.9 Å². The van der Waals surface area contributed by atoms with Gasteiger partial charge in [0.05, 0.1) is 15.5 Å². The van der Waals surface area contributed by atoms with Gasteiger partial charge in [0.2, 0.25) is 0 Å². The first-order valence-corrected chi connectivity index (χ1v) is 9.33. The minimum atomic E-state index is -3.94. The predicted molar refractivity (Wildman–Crippen MR) is 99.6 cm³/mol. The van der Waals surface area contributed by atoms with Crippen molar-refractivity contribution < 1.29 is 13.3 Å². The first-order valence-electron chi connectivity index (χ1n) is 7.85. The van der Waals surface area contributed by atoms with E-state index >= 15 is 0 Å². The molecule has 0 bridgehead atoms. The monoisotopic (exact) mass is 368 g/mol. The third-order valence-corrected chi connectivity index (χ3v) is 5.20. The highest BCUT2D eigenvalue weighted by molar-refractivity contribution is 7.92. The zero-order chi connectivity index (χ0) is 18.6. The summed E-state index contributed by atoms with van der Waals surface area (Å²) in [5.41, 5.74) is 2.04. The molecule has 0 spiro atoms. The van der Waals surface area contributed by atoms with E-state index in [-0.39, 0.29) is 10.6 Å². The Balaban J connectivity index is 1.91. The summed E-state index contributed by atoms with van der Waals surface area (Å²) in [4.78, 5) is 10.1. The summed E-state index contributed by atoms with van der Waals surface area (Å²) in [5, 5.41) is 10.9. The lowest BCUT2D eigenvalue weighted by Crippen LogP contribution is -2.14. The molecule has 0 aliphatic carbocycles. The van der Waals surface area contributed by atoms with Gasteiger partial charge in [0, 0.05) is 12.1 Å². The first-order chi connectivity index (χ1) is 12.5. The summed E-state index contributed by atoms with van der Waals surface area (Å²) in [6, 6.07) is 21.8. The molecule has 6 nitrogen and oxygen atoms in total. The maximum atomic E-state index is 12.6. The fourth-order valence-electron chi connectivity index (χ4n) is 2.56. The summed E-state index contributed by atoms with van der Waals surface area (Å²) in [6.45, 7) is 0. The molecule has 0 aliphatic heterocycles. The molecule has 3 aromatic carbocycles. The molecule has 1 N–H and O–H groups in total. The molecule has 0 saturated heterocycles. The highest BCUT2D eigenvalue weighted by Crippen LogP contribution is 2.24. The number of hydrogen-bond acceptors (Lipinski definition) is 4. The Morgan fingerprint density at radius 1 is 0.885 bits per heavy atom. The first kappa shape index (κ1) is 17.6. The zero-order valence-electron chi connectivity index (χ0n) is 13.7. The van der Waals surface area contributed by atoms with Crippen molar-refractivity contribution in [3.05, 3.63) is 100 Å². The smallest absolute Gasteiger partial charge is 0.270 e. The lowest BCUT2D eigenvalue weighted by atomic mass is 10.0. The minimum absolute atomic E-state index is 0.152. The number of benzene rings is 3. The van der Waals surface area contributed by atoms with E-state index in [2.05, 4.69) is 4.72 Å². The largest absolute Gasteiger partial charge is 0.279 e. The predicted octanol–water partition coefficient (Wildman–Crippen LogP) is 3.99. The third kappa shape index (κ3) is 4.07. The Morgan fingerprint density at radius 2 is 1.58 bits per heavy atom. The van der Waals surface area contributed by atoms with Crippen molar-refractivity contribution in [1.29, 1.82) is 0 Å². The molecule has 0 radical (unpaired) electrons. The molecule has 0 amide bonds. The van der Waals surface area contributed by atoms with Gasteiger partial charge in [0.15, 0.2) is 0 Å². The van der Waals surface area contributed by atoms with Crippen molar-refractivity contribution in [2.45, 2.75) is 11.3 Å². The van der Waals surface area contributed by atoms with E-state index in [9.17, 15) is 18.5 Å². The van der Waals surface area contributed by atoms with Crippen LogP contribution in [0, 0.1) is 10.1 Å². The van der Waals surface area contributed by atoms with Crippen LogP contribution in [0.5, 0.6) is 0 Å². The number of anilines is 1. The molecule has 0 saturated carbocycles. The van der Waals surface area contributed by atoms with Gasteiger partial charge in [-0.1, -0.05) is 54.6 Å². The molecule has 0 aliphatic rings. The van der Waals surface area contributed by atoms with Crippen molar-refractivity contribution in [3.8, 4) is 0 Å². The quantitative estimate of drug-likeness (QED) is 0.526. The lowest BCUT2D eigenvalue weighted by Gasteiger charge is -2.13. The van der Waals surface area contributed by atoms with E-state index in [0.29, 0.717) is 12.1 Å². The molecule has 0 unspecified atom stereocenters. The van der Waals surface area contributed by atoms with E-state index in [1.54, 1.807) is 12.1 Å². The molecule has 0 atom stereocenters. The fraction of sp³-hybridized carbons (Fsp3) is 0.0526. The average Bonchev–Trinajstić information content (AvgIpc) is 2.64. The van der Waals surface area contributed by atoms with Gasteiger partial charge in [-0.05, 0) is 29.7 Å². The average molecular weight is 368 g/mol. The van der Waals surface area contributed by atoms with Gasteiger partial charge < -0.3 is 0 Å². The van der Waals surface area contributed by atoms with Gasteiger partial charge in [-0.2, -0.15) is 0 Å². The second-order valence-corrected chi connectivity index (χ2v) is 7.36. The summed E-state index contributed by atoms with van der Waals surface area (Å²) < 4.78 is 27.8. The Morgan fingerprint density at radius 3 is 2.31 bits per heavy atom. The molecule has 3 aromatic rings. The van der Waals surface area contributed by atoms with Crippen LogP contribution in [0.25, 0.3) is 0 Å². The summed E-state index contributed by atoms with van der Waals surface area (Å²) in [5.74, 6) is 0. The maximum Gasteiger partial charge on any atom is 0.270 e. The minimum Gasteiger partial charge on any atom is -0.279 e. The standard InChI is InChI=1S/C19H16N2O4S/c22-21(23)17-10-6-11-18(14-17)26(24,25)20-19-12-5-4-9-16(19)13-15-7-2-1-3-8-15/h1-12,14,20H,13H2. The number of nitro benzene ring substituents is 1. The molecule has 0 aromatic heterocycles. The van der Waals surface area contributed by atoms with Gasteiger partial charge in [-0.15, -0.1) is 0 Å². The highest BCUT2D eigenvalue weighted by atomic mass is 32.2. The van der Waals surface area contributed by atoms with E-state index in [4.69, 9.17) is 0 Å². The molecular weight excluding hydrogens is 352 g/mol. The van der Waals surface area contributed by atoms with Gasteiger partial charge in [-0.25, -0.2) is 8.42 Å². The molecule has 3 rings (SSSR count). The number of sulfonamides is 1. The second-order valence-electron chi connectivity index (χ2n) is 5.68. The SMILES string of the molecule is O=[N+]([O-])c1cccc(S(=O)(=O)Nc2ccccc2Cc2ccccc2)c1. The maximum absolute atomic E-state index is 12.6. The summed E-state index contributed by atoms with van der Waals surface area (Å²) >= 11 is 0. The van der Waals surface area contributed by atoms with Crippen molar-refractivity contribution >= 4 is 21.4 Å². The van der Waals surface area contributed by atoms with Gasteiger partial charge >= 0.3 is 0 Å². The number of nitrogens with one attached hydrogen (secondary N) is 1. The van der Waals surface area contributed by atoms with Crippen LogP contribution in [0.4, 0.5) is 11.4 Å². The zero-order valence-corrected chi connectivity index (χ0v) is 14.5. The summed E-state index contributed by atoms with van der Waals surface area (Å²) in [6.07, 6.45) is 0.564. The van der Waals surface area contributed by atoms with Crippen LogP contribution >= 0.6 is 0 Å². The molecular formula is C19H16N2O4S. The molecule has 0 heterocycles. The normalized spacial score (nSPS) is 11.1. The number of nitrogens with zero attached hydrogens (tertiary/aromatic N) is 1. The topological polar surface area (TPSA) is 89.3 Å². The Labute approximate surface area is 151 Å². The molecule has 7 heteroatoms. The number of nitro groups is 1. The van der Waals surface area contributed by atoms with Crippen LogP contribution < -0.4 is 4.72 Å². The Kier molecular flexibility index (Phi) is 4.99. The van der Waals surface area contributed by atoms with Gasteiger partial charge in [-0.3, -0.25) is 14.8 Å². The Hall–Kier alpha value is -3.19. The van der Waals surface area contributed by atoms with Crippen LogP contribution in [-0.2, 0) is 16.4 Å². The van der Waals surface area contributed by atoms with E-state index in [0.717, 1.165) is 17.2 Å². The van der Waals surface area contributed by atoms with E-state index in [1.807, 2.05) is 42.5 Å². The van der Waals surface area contributed by atoms with Crippen LogP contribution in [0.2, 0.25) is 0 Å². The third-order valence-electron chi connectivity index (χ3n) is 3.84. The number of hydrogen-bond donors (Lipinski definition) is 1. The molecule has 26 heavy (non-hydrogen) atoms. The molecule has 132 valence electrons. The summed E-state index contributed by atoms with van der Waals surface area (Å²) in [7, 11) is -3.94. The van der Waals surface area contributed by atoms with E-state index in [1.165, 1.54) is 18.2 Å². The van der Waals surface area contributed by atoms with Crippen molar-refractivity contribution in [3.63, 3.8) is 0 Å². The van der Waals surface area contributed by atoms with Crippen molar-refractivity contribution in [2.24, 2.45) is 0 Å². The number of para-hydroxylation sites is 1. The van der Waals surface area contributed by atoms with Crippen LogP contribution in [0.3, 0.4) is 0 Å². The highest BCUT2D eigenvalue weighted by Gasteiger charge is 2.19. The Bertz CT molecular complexity index is 1030. The number of rotatable bonds is 6. The van der Waals surface area contributed by atoms with Crippen molar-refractivity contribution in [1.82, 2.24) is 0 Å². The van der Waals surface area contributed by atoms with Gasteiger partial charge in [0.25, 0.3) is 15.7 Å². The van der Waals surface area contributed by atoms with Gasteiger partial charge in [0.1, 0.15) is 0 Å². The van der Waals surface area contributed by atoms with Crippen LogP contribution in [-0.4, -0.2) is 13.3 Å². The lowest BCUT2D eigenvalue weighted by molar-refractivity contribution is -0.385. The second kappa shape index (κ2) is 7.37. The number of non-ortho nitro benzene ring substituents is 1. The van der Waals surface area contributed by atoms with Crippen molar-refractivity contribution in [2.75, 3.05) is 4.72 Å². The fourth-order valence-corrected chi connectivity index (χ4v) is 3.70. The van der Waals surface area contributed by atoms with Crippen LogP contribution in [0.1, 0.15) is 11.1 Å². The molecule has 0 fully saturated rings. The van der Waals surface area contributed by atoms with Crippen LogP contribution in [0.15, 0.2) is 83.8 Å².